The second-order valence-electron chi connectivity index (χ2n) is 6.38. The maximum atomic E-state index is 14.1. The van der Waals surface area contributed by atoms with E-state index >= 15 is 0 Å². The summed E-state index contributed by atoms with van der Waals surface area (Å²) in [6.45, 7) is 7.57. The summed E-state index contributed by atoms with van der Waals surface area (Å²) < 4.78 is 15.9. The van der Waals surface area contributed by atoms with Crippen LogP contribution in [0.5, 0.6) is 0 Å². The summed E-state index contributed by atoms with van der Waals surface area (Å²) >= 11 is 6.09. The summed E-state index contributed by atoms with van der Waals surface area (Å²) in [7, 11) is 0. The summed E-state index contributed by atoms with van der Waals surface area (Å²) in [6.07, 6.45) is 1.35. The summed E-state index contributed by atoms with van der Waals surface area (Å²) in [5.41, 5.74) is 2.42. The van der Waals surface area contributed by atoms with Crippen LogP contribution in [0.3, 0.4) is 0 Å². The van der Waals surface area contributed by atoms with E-state index in [1.54, 1.807) is 11.0 Å². The zero-order valence-electron chi connectivity index (χ0n) is 15.6. The fraction of sp³-hybridized carbons (Fsp3) is 0.421. The number of aromatic nitrogens is 2. The number of carbonyl (C=O) groups is 1. The summed E-state index contributed by atoms with van der Waals surface area (Å²) in [6, 6.07) is 4.42. The van der Waals surface area contributed by atoms with E-state index in [1.807, 2.05) is 31.6 Å². The lowest BCUT2D eigenvalue weighted by Crippen LogP contribution is -2.38. The maximum absolute atomic E-state index is 14.1. The van der Waals surface area contributed by atoms with E-state index in [9.17, 15) is 9.18 Å². The molecule has 1 unspecified atom stereocenters. The van der Waals surface area contributed by atoms with Gasteiger partial charge in [-0.3, -0.25) is 9.48 Å². The quantitative estimate of drug-likeness (QED) is 0.755. The highest BCUT2D eigenvalue weighted by molar-refractivity contribution is 6.34. The number of benzene rings is 1. The van der Waals surface area contributed by atoms with Crippen molar-refractivity contribution in [1.29, 1.82) is 0 Å². The highest BCUT2D eigenvalue weighted by atomic mass is 35.5. The lowest BCUT2D eigenvalue weighted by atomic mass is 10.0. The maximum Gasteiger partial charge on any atom is 0.267 e. The summed E-state index contributed by atoms with van der Waals surface area (Å²) in [5.74, 6) is -0.666. The van der Waals surface area contributed by atoms with Gasteiger partial charge in [-0.25, -0.2) is 4.39 Å². The van der Waals surface area contributed by atoms with Crippen molar-refractivity contribution < 1.29 is 14.0 Å². The van der Waals surface area contributed by atoms with Crippen molar-refractivity contribution in [3.8, 4) is 0 Å². The van der Waals surface area contributed by atoms with Crippen molar-refractivity contribution in [3.05, 3.63) is 52.1 Å². The molecule has 1 aromatic carbocycles. The second kappa shape index (κ2) is 8.08. The lowest BCUT2D eigenvalue weighted by molar-refractivity contribution is -0.142. The van der Waals surface area contributed by atoms with Crippen LogP contribution in [-0.2, 0) is 22.7 Å². The molecular formula is C19H22ClFN4O2. The smallest absolute Gasteiger partial charge is 0.267 e. The van der Waals surface area contributed by atoms with E-state index in [2.05, 4.69) is 10.3 Å². The Balaban J connectivity index is 1.71. The number of likely N-dealkylation sites (N-methyl/N-ethyl adjacent to an activating group) is 1. The number of amides is 1. The molecule has 144 valence electrons. The Morgan fingerprint density at radius 1 is 1.44 bits per heavy atom. The van der Waals surface area contributed by atoms with Gasteiger partial charge in [0.1, 0.15) is 5.82 Å². The van der Waals surface area contributed by atoms with Crippen LogP contribution in [0.1, 0.15) is 37.1 Å². The van der Waals surface area contributed by atoms with Crippen molar-refractivity contribution >= 4 is 23.2 Å². The molecule has 2 heterocycles. The molecule has 8 heteroatoms. The minimum atomic E-state index is -0.780. The van der Waals surface area contributed by atoms with E-state index in [1.165, 1.54) is 12.1 Å². The molecule has 0 N–H and O–H groups in total. The van der Waals surface area contributed by atoms with Gasteiger partial charge in [0.25, 0.3) is 5.91 Å². The molecule has 1 aromatic heterocycles. The molecular weight excluding hydrogens is 371 g/mol. The van der Waals surface area contributed by atoms with Crippen LogP contribution < -0.4 is 0 Å². The van der Waals surface area contributed by atoms with Gasteiger partial charge in [-0.2, -0.15) is 5.10 Å². The normalized spacial score (nSPS) is 16.2. The Morgan fingerprint density at radius 3 is 2.85 bits per heavy atom. The Hall–Kier alpha value is -2.41. The third kappa shape index (κ3) is 3.98. The lowest BCUT2D eigenvalue weighted by Gasteiger charge is -2.22. The molecule has 0 saturated heterocycles. The predicted molar refractivity (Wildman–Crippen MR) is 101 cm³/mol. The summed E-state index contributed by atoms with van der Waals surface area (Å²) in [5, 5.41) is 8.58. The summed E-state index contributed by atoms with van der Waals surface area (Å²) in [4.78, 5) is 19.9. The predicted octanol–water partition coefficient (Wildman–Crippen LogP) is 3.55. The van der Waals surface area contributed by atoms with Gasteiger partial charge in [0, 0.05) is 37.8 Å². The highest BCUT2D eigenvalue weighted by Crippen LogP contribution is 2.26. The standard InChI is InChI=1S/C19H22ClFN4O2/c1-4-24(10-13-11-25(5-2)22-12(13)3)19(26)17-9-16(23-27-17)18-14(20)7-6-8-15(18)21/h6-8,11,17H,4-5,9-10H2,1-3H3. The molecule has 6 nitrogen and oxygen atoms in total. The van der Waals surface area contributed by atoms with Crippen molar-refractivity contribution in [2.24, 2.45) is 5.16 Å². The van der Waals surface area contributed by atoms with E-state index in [4.69, 9.17) is 16.4 Å². The molecule has 0 fully saturated rings. The topological polar surface area (TPSA) is 59.7 Å². The zero-order valence-corrected chi connectivity index (χ0v) is 16.3. The van der Waals surface area contributed by atoms with Crippen molar-refractivity contribution in [1.82, 2.24) is 14.7 Å². The van der Waals surface area contributed by atoms with Crippen LogP contribution in [0.2, 0.25) is 5.02 Å². The molecule has 1 aliphatic heterocycles. The van der Waals surface area contributed by atoms with Gasteiger partial charge in [0.15, 0.2) is 0 Å². The number of halogens is 2. The minimum Gasteiger partial charge on any atom is -0.382 e. The van der Waals surface area contributed by atoms with Crippen LogP contribution >= 0.6 is 11.6 Å². The van der Waals surface area contributed by atoms with E-state index < -0.39 is 11.9 Å². The Kier molecular flexibility index (Phi) is 5.79. The Labute approximate surface area is 162 Å². The van der Waals surface area contributed by atoms with Crippen molar-refractivity contribution in [3.63, 3.8) is 0 Å². The molecule has 0 radical (unpaired) electrons. The molecule has 0 bridgehead atoms. The highest BCUT2D eigenvalue weighted by Gasteiger charge is 2.33. The first-order valence-corrected chi connectivity index (χ1v) is 9.31. The molecule has 3 rings (SSSR count). The van der Waals surface area contributed by atoms with Gasteiger partial charge in [-0.05, 0) is 32.9 Å². The molecule has 27 heavy (non-hydrogen) atoms. The first-order chi connectivity index (χ1) is 12.9. The van der Waals surface area contributed by atoms with Gasteiger partial charge in [-0.1, -0.05) is 22.8 Å². The van der Waals surface area contributed by atoms with Crippen LogP contribution in [-0.4, -0.2) is 38.9 Å². The fourth-order valence-electron chi connectivity index (χ4n) is 3.06. The number of oxime groups is 1. The average Bonchev–Trinajstić information content (AvgIpc) is 3.26. The van der Waals surface area contributed by atoms with E-state index in [0.29, 0.717) is 18.8 Å². The van der Waals surface area contributed by atoms with Crippen molar-refractivity contribution in [2.75, 3.05) is 6.54 Å². The van der Waals surface area contributed by atoms with Crippen LogP contribution in [0.25, 0.3) is 0 Å². The molecule has 1 amide bonds. The molecule has 0 aliphatic carbocycles. The fourth-order valence-corrected chi connectivity index (χ4v) is 3.33. The number of carbonyl (C=O) groups excluding carboxylic acids is 1. The Bertz CT molecular complexity index is 860. The van der Waals surface area contributed by atoms with Crippen LogP contribution in [0, 0.1) is 12.7 Å². The molecule has 2 aromatic rings. The number of hydrogen-bond donors (Lipinski definition) is 0. The van der Waals surface area contributed by atoms with E-state index in [0.717, 1.165) is 17.8 Å². The van der Waals surface area contributed by atoms with Gasteiger partial charge in [-0.15, -0.1) is 0 Å². The number of aryl methyl sites for hydroxylation is 2. The number of hydrogen-bond acceptors (Lipinski definition) is 4. The van der Waals surface area contributed by atoms with Gasteiger partial charge in [0.05, 0.1) is 22.0 Å². The molecule has 0 saturated carbocycles. The average molecular weight is 393 g/mol. The van der Waals surface area contributed by atoms with Gasteiger partial charge >= 0.3 is 0 Å². The van der Waals surface area contributed by atoms with E-state index in [-0.39, 0.29) is 22.9 Å². The third-order valence-corrected chi connectivity index (χ3v) is 4.94. The number of nitrogens with zero attached hydrogens (tertiary/aromatic N) is 4. The Morgan fingerprint density at radius 2 is 2.22 bits per heavy atom. The first-order valence-electron chi connectivity index (χ1n) is 8.93. The SMILES string of the molecule is CCN(Cc1cn(CC)nc1C)C(=O)C1CC(c2c(F)cccc2Cl)=NO1. The molecule has 1 atom stereocenters. The molecule has 0 spiro atoms. The van der Waals surface area contributed by atoms with Crippen LogP contribution in [0.4, 0.5) is 4.39 Å². The number of rotatable bonds is 6. The largest absolute Gasteiger partial charge is 0.382 e. The monoisotopic (exact) mass is 392 g/mol. The molecule has 1 aliphatic rings. The minimum absolute atomic E-state index is 0.184. The van der Waals surface area contributed by atoms with Gasteiger partial charge in [0.2, 0.25) is 6.10 Å². The zero-order chi connectivity index (χ0) is 19.6. The van der Waals surface area contributed by atoms with Crippen LogP contribution in [0.15, 0.2) is 29.6 Å². The third-order valence-electron chi connectivity index (χ3n) is 4.62. The first kappa shape index (κ1) is 19.4. The van der Waals surface area contributed by atoms with Gasteiger partial charge < -0.3 is 9.74 Å². The second-order valence-corrected chi connectivity index (χ2v) is 6.79. The van der Waals surface area contributed by atoms with Crippen molar-refractivity contribution in [2.45, 2.75) is 46.4 Å².